The molecular formula is C13H10ClNO2S. The second-order valence-corrected chi connectivity index (χ2v) is 4.73. The molecule has 0 bridgehead atoms. The van der Waals surface area contributed by atoms with Crippen LogP contribution in [0.5, 0.6) is 5.19 Å². The van der Waals surface area contributed by atoms with Crippen molar-refractivity contribution in [3.8, 4) is 5.19 Å². The third-order valence-corrected chi connectivity index (χ3v) is 3.40. The second kappa shape index (κ2) is 6.33. The number of hydrogen-bond acceptors (Lipinski definition) is 4. The van der Waals surface area contributed by atoms with Crippen LogP contribution < -0.4 is 4.74 Å². The quantitative estimate of drug-likeness (QED) is 0.784. The van der Waals surface area contributed by atoms with Gasteiger partial charge in [0.1, 0.15) is 11.5 Å². The maximum absolute atomic E-state index is 10.6. The fraction of sp³-hybridized carbons (Fsp3) is 0.0769. The first-order valence-corrected chi connectivity index (χ1v) is 6.45. The van der Waals surface area contributed by atoms with Gasteiger partial charge in [-0.05, 0) is 11.6 Å². The van der Waals surface area contributed by atoms with Crippen LogP contribution in [-0.2, 0) is 0 Å². The van der Waals surface area contributed by atoms with E-state index in [2.05, 4.69) is 4.98 Å². The molecule has 2 aromatic rings. The van der Waals surface area contributed by atoms with Crippen LogP contribution in [0.1, 0.15) is 15.2 Å². The van der Waals surface area contributed by atoms with Gasteiger partial charge in [0.15, 0.2) is 11.4 Å². The number of aromatic nitrogens is 1. The molecule has 0 radical (unpaired) electrons. The van der Waals surface area contributed by atoms with Crippen LogP contribution in [0.3, 0.4) is 0 Å². The number of rotatable bonds is 5. The molecule has 0 spiro atoms. The Morgan fingerprint density at radius 2 is 2.11 bits per heavy atom. The number of carbonyl (C=O) groups excluding carboxylic acids is 1. The Labute approximate surface area is 114 Å². The largest absolute Gasteiger partial charge is 0.466 e. The molecule has 1 aromatic heterocycles. The van der Waals surface area contributed by atoms with Crippen molar-refractivity contribution in [2.75, 3.05) is 6.61 Å². The number of carbonyl (C=O) groups is 1. The lowest BCUT2D eigenvalue weighted by Gasteiger charge is -1.96. The third-order valence-electron chi connectivity index (χ3n) is 2.11. The van der Waals surface area contributed by atoms with Gasteiger partial charge in [-0.15, -0.1) is 0 Å². The van der Waals surface area contributed by atoms with Crippen LogP contribution in [0.25, 0.3) is 6.08 Å². The summed E-state index contributed by atoms with van der Waals surface area (Å²) >= 11 is 6.86. The highest BCUT2D eigenvalue weighted by Gasteiger charge is 2.08. The van der Waals surface area contributed by atoms with Gasteiger partial charge in [0.2, 0.25) is 0 Å². The molecule has 92 valence electrons. The molecule has 0 aliphatic carbocycles. The molecular weight excluding hydrogens is 270 g/mol. The number of benzene rings is 1. The van der Waals surface area contributed by atoms with Crippen molar-refractivity contribution in [2.45, 2.75) is 0 Å². The number of thiazole rings is 1. The lowest BCUT2D eigenvalue weighted by molar-refractivity contribution is 0.112. The monoisotopic (exact) mass is 279 g/mol. The van der Waals surface area contributed by atoms with Crippen LogP contribution in [-0.4, -0.2) is 17.9 Å². The Kier molecular flexibility index (Phi) is 4.50. The topological polar surface area (TPSA) is 39.2 Å². The maximum Gasteiger partial charge on any atom is 0.275 e. The lowest BCUT2D eigenvalue weighted by Crippen LogP contribution is -1.91. The molecule has 0 fully saturated rings. The van der Waals surface area contributed by atoms with Gasteiger partial charge in [0.25, 0.3) is 5.19 Å². The first kappa shape index (κ1) is 12.8. The number of ether oxygens (including phenoxy) is 1. The highest BCUT2D eigenvalue weighted by atomic mass is 35.5. The smallest absolute Gasteiger partial charge is 0.275 e. The summed E-state index contributed by atoms with van der Waals surface area (Å²) in [5.74, 6) is 0. The normalized spacial score (nSPS) is 10.7. The van der Waals surface area contributed by atoms with E-state index in [1.807, 2.05) is 42.5 Å². The average Bonchev–Trinajstić information content (AvgIpc) is 2.76. The van der Waals surface area contributed by atoms with Crippen LogP contribution >= 0.6 is 22.9 Å². The van der Waals surface area contributed by atoms with E-state index in [4.69, 9.17) is 16.3 Å². The summed E-state index contributed by atoms with van der Waals surface area (Å²) in [5, 5.41) is 0.594. The molecule has 5 heteroatoms. The Morgan fingerprint density at radius 1 is 1.33 bits per heavy atom. The SMILES string of the molecule is O=Cc1sc(OC/C=C/c2ccccc2)nc1Cl. The minimum atomic E-state index is 0.192. The molecule has 1 heterocycles. The van der Waals surface area contributed by atoms with Crippen molar-refractivity contribution in [3.63, 3.8) is 0 Å². The number of nitrogens with zero attached hydrogens (tertiary/aromatic N) is 1. The van der Waals surface area contributed by atoms with E-state index in [1.54, 1.807) is 0 Å². The van der Waals surface area contributed by atoms with Gasteiger partial charge >= 0.3 is 0 Å². The molecule has 0 aliphatic heterocycles. The van der Waals surface area contributed by atoms with E-state index < -0.39 is 0 Å². The third kappa shape index (κ3) is 3.42. The molecule has 0 aliphatic rings. The van der Waals surface area contributed by atoms with E-state index in [9.17, 15) is 4.79 Å². The van der Waals surface area contributed by atoms with E-state index in [-0.39, 0.29) is 5.15 Å². The standard InChI is InChI=1S/C13H10ClNO2S/c14-12-11(9-16)18-13(15-12)17-8-4-7-10-5-2-1-3-6-10/h1-7,9H,8H2/b7-4+. The molecule has 2 rings (SSSR count). The number of halogens is 1. The molecule has 0 amide bonds. The molecule has 0 N–H and O–H groups in total. The van der Waals surface area contributed by atoms with Crippen LogP contribution in [0.2, 0.25) is 5.15 Å². The van der Waals surface area contributed by atoms with Gasteiger partial charge in [-0.25, -0.2) is 0 Å². The molecule has 3 nitrogen and oxygen atoms in total. The summed E-state index contributed by atoms with van der Waals surface area (Å²) in [6.07, 6.45) is 4.51. The fourth-order valence-corrected chi connectivity index (χ4v) is 2.21. The van der Waals surface area contributed by atoms with Crippen molar-refractivity contribution in [3.05, 3.63) is 52.0 Å². The van der Waals surface area contributed by atoms with Gasteiger partial charge in [-0.1, -0.05) is 59.3 Å². The lowest BCUT2D eigenvalue weighted by atomic mass is 10.2. The van der Waals surface area contributed by atoms with Crippen LogP contribution in [0.4, 0.5) is 0 Å². The second-order valence-electron chi connectivity index (χ2n) is 3.38. The van der Waals surface area contributed by atoms with Crippen LogP contribution in [0, 0.1) is 0 Å². The molecule has 0 unspecified atom stereocenters. The zero-order chi connectivity index (χ0) is 12.8. The van der Waals surface area contributed by atoms with E-state index in [0.29, 0.717) is 23.0 Å². The average molecular weight is 280 g/mol. The summed E-state index contributed by atoms with van der Waals surface area (Å²) in [4.78, 5) is 14.9. The van der Waals surface area contributed by atoms with Gasteiger partial charge in [0.05, 0.1) is 0 Å². The molecule has 18 heavy (non-hydrogen) atoms. The number of hydrogen-bond donors (Lipinski definition) is 0. The Hall–Kier alpha value is -1.65. The van der Waals surface area contributed by atoms with Gasteiger partial charge in [-0.2, -0.15) is 4.98 Å². The molecule has 0 saturated heterocycles. The predicted octanol–water partition coefficient (Wildman–Crippen LogP) is 3.70. The minimum Gasteiger partial charge on any atom is -0.466 e. The minimum absolute atomic E-state index is 0.192. The highest BCUT2D eigenvalue weighted by molar-refractivity contribution is 7.15. The van der Waals surface area contributed by atoms with Crippen LogP contribution in [0.15, 0.2) is 36.4 Å². The van der Waals surface area contributed by atoms with Crippen molar-refractivity contribution in [1.82, 2.24) is 4.98 Å². The molecule has 0 atom stereocenters. The van der Waals surface area contributed by atoms with Crippen molar-refractivity contribution < 1.29 is 9.53 Å². The molecule has 1 aromatic carbocycles. The molecule has 0 saturated carbocycles. The van der Waals surface area contributed by atoms with E-state index >= 15 is 0 Å². The summed E-state index contributed by atoms with van der Waals surface area (Å²) in [5.41, 5.74) is 1.10. The van der Waals surface area contributed by atoms with Crippen molar-refractivity contribution in [1.29, 1.82) is 0 Å². The highest BCUT2D eigenvalue weighted by Crippen LogP contribution is 2.26. The first-order valence-electron chi connectivity index (χ1n) is 5.25. The van der Waals surface area contributed by atoms with E-state index in [1.165, 1.54) is 0 Å². The summed E-state index contributed by atoms with van der Waals surface area (Å²) in [6.45, 7) is 0.386. The van der Waals surface area contributed by atoms with Crippen molar-refractivity contribution in [2.24, 2.45) is 0 Å². The summed E-state index contributed by atoms with van der Waals surface area (Å²) in [7, 11) is 0. The van der Waals surface area contributed by atoms with Crippen molar-refractivity contribution >= 4 is 35.3 Å². The van der Waals surface area contributed by atoms with E-state index in [0.717, 1.165) is 16.9 Å². The Morgan fingerprint density at radius 3 is 2.78 bits per heavy atom. The van der Waals surface area contributed by atoms with Gasteiger partial charge < -0.3 is 4.74 Å². The zero-order valence-electron chi connectivity index (χ0n) is 9.38. The van der Waals surface area contributed by atoms with Gasteiger partial charge in [0, 0.05) is 0 Å². The zero-order valence-corrected chi connectivity index (χ0v) is 10.9. The maximum atomic E-state index is 10.6. The summed E-state index contributed by atoms with van der Waals surface area (Å²) in [6, 6.07) is 9.91. The number of aldehydes is 1. The first-order chi connectivity index (χ1) is 8.79. The van der Waals surface area contributed by atoms with Gasteiger partial charge in [-0.3, -0.25) is 4.79 Å². The Balaban J connectivity index is 1.88. The fourth-order valence-electron chi connectivity index (χ4n) is 1.30. The Bertz CT molecular complexity index is 551. The summed E-state index contributed by atoms with van der Waals surface area (Å²) < 4.78 is 5.37. The predicted molar refractivity (Wildman–Crippen MR) is 73.5 cm³/mol.